The minimum absolute atomic E-state index is 0.0175. The maximum atomic E-state index is 12.6. The summed E-state index contributed by atoms with van der Waals surface area (Å²) in [6.45, 7) is 6.64. The molecule has 1 fully saturated rings. The van der Waals surface area contributed by atoms with Crippen LogP contribution in [0.3, 0.4) is 0 Å². The molecule has 1 unspecified atom stereocenters. The lowest BCUT2D eigenvalue weighted by Crippen LogP contribution is -2.29. The van der Waals surface area contributed by atoms with Crippen LogP contribution in [0.2, 0.25) is 0 Å². The Bertz CT molecular complexity index is 832. The van der Waals surface area contributed by atoms with Crippen LogP contribution in [0.5, 0.6) is 0 Å². The first-order valence-corrected chi connectivity index (χ1v) is 11.0. The first-order valence-electron chi connectivity index (χ1n) is 10.2. The summed E-state index contributed by atoms with van der Waals surface area (Å²) in [5, 5.41) is 5.56. The Balaban J connectivity index is 1.53. The van der Waals surface area contributed by atoms with E-state index in [4.69, 9.17) is 0 Å². The Kier molecular flexibility index (Phi) is 7.72. The number of thioether (sulfide) groups is 1. The van der Waals surface area contributed by atoms with Crippen molar-refractivity contribution in [2.75, 3.05) is 23.7 Å². The molecule has 29 heavy (non-hydrogen) atoms. The highest BCUT2D eigenvalue weighted by Gasteiger charge is 2.15. The van der Waals surface area contributed by atoms with Gasteiger partial charge in [0.2, 0.25) is 11.8 Å². The lowest BCUT2D eigenvalue weighted by atomic mass is 10.1. The summed E-state index contributed by atoms with van der Waals surface area (Å²) in [7, 11) is 0. The lowest BCUT2D eigenvalue weighted by Gasteiger charge is -2.26. The number of likely N-dealkylation sites (tertiary alicyclic amines) is 1. The number of benzene rings is 2. The number of piperidine rings is 1. The lowest BCUT2D eigenvalue weighted by molar-refractivity contribution is -0.115. The van der Waals surface area contributed by atoms with Crippen LogP contribution in [0.15, 0.2) is 53.4 Å². The molecule has 1 saturated heterocycles. The first-order chi connectivity index (χ1) is 14.0. The third-order valence-electron chi connectivity index (χ3n) is 4.91. The third-order valence-corrected chi connectivity index (χ3v) is 6.02. The summed E-state index contributed by atoms with van der Waals surface area (Å²) >= 11 is 1.50. The molecule has 0 aromatic heterocycles. The average Bonchev–Trinajstić information content (AvgIpc) is 2.70. The molecule has 0 spiro atoms. The largest absolute Gasteiger partial charge is 0.326 e. The second kappa shape index (κ2) is 10.5. The van der Waals surface area contributed by atoms with Crippen LogP contribution >= 0.6 is 11.8 Å². The molecule has 1 heterocycles. The fraction of sp³-hybridized carbons (Fsp3) is 0.391. The van der Waals surface area contributed by atoms with Gasteiger partial charge in [-0.2, -0.15) is 0 Å². The van der Waals surface area contributed by atoms with Gasteiger partial charge >= 0.3 is 0 Å². The summed E-state index contributed by atoms with van der Waals surface area (Å²) in [5.74, 6) is -0.114. The molecule has 2 N–H and O–H groups in total. The summed E-state index contributed by atoms with van der Waals surface area (Å²) in [5.41, 5.74) is 2.83. The predicted molar refractivity (Wildman–Crippen MR) is 120 cm³/mol. The average molecular weight is 412 g/mol. The summed E-state index contributed by atoms with van der Waals surface area (Å²) in [4.78, 5) is 27.2. The van der Waals surface area contributed by atoms with E-state index in [9.17, 15) is 9.59 Å². The molecule has 0 aliphatic carbocycles. The normalized spacial score (nSPS) is 15.5. The van der Waals surface area contributed by atoms with Gasteiger partial charge in [-0.15, -0.1) is 11.8 Å². The second-order valence-corrected chi connectivity index (χ2v) is 8.91. The van der Waals surface area contributed by atoms with Gasteiger partial charge in [-0.05, 0) is 74.8 Å². The highest BCUT2D eigenvalue weighted by molar-refractivity contribution is 8.00. The quantitative estimate of drug-likeness (QED) is 0.646. The van der Waals surface area contributed by atoms with Gasteiger partial charge in [0.05, 0.1) is 5.25 Å². The maximum absolute atomic E-state index is 12.6. The molecular weight excluding hydrogens is 382 g/mol. The van der Waals surface area contributed by atoms with Crippen molar-refractivity contribution >= 4 is 35.0 Å². The van der Waals surface area contributed by atoms with Crippen molar-refractivity contribution in [3.8, 4) is 0 Å². The number of hydrogen-bond donors (Lipinski definition) is 2. The standard InChI is InChI=1S/C23H29N3O2S/c1-17(29-22-11-9-20(10-12-22)24-18(2)27)23(28)25-21-8-6-7-19(15-21)16-26-13-4-3-5-14-26/h6-12,15,17H,3-5,13-14,16H2,1-2H3,(H,24,27)(H,25,28). The molecule has 0 saturated carbocycles. The topological polar surface area (TPSA) is 61.4 Å². The number of carbonyl (C=O) groups excluding carboxylic acids is 2. The Morgan fingerprint density at radius 2 is 1.72 bits per heavy atom. The van der Waals surface area contributed by atoms with Crippen LogP contribution in [-0.4, -0.2) is 35.1 Å². The minimum atomic E-state index is -0.229. The first kappa shape index (κ1) is 21.4. The number of nitrogens with zero attached hydrogens (tertiary/aromatic N) is 1. The second-order valence-electron chi connectivity index (χ2n) is 7.49. The zero-order valence-electron chi connectivity index (χ0n) is 17.1. The molecular formula is C23H29N3O2S. The van der Waals surface area contributed by atoms with Crippen molar-refractivity contribution in [3.63, 3.8) is 0 Å². The van der Waals surface area contributed by atoms with Crippen LogP contribution in [0.4, 0.5) is 11.4 Å². The van der Waals surface area contributed by atoms with Crippen LogP contribution < -0.4 is 10.6 Å². The van der Waals surface area contributed by atoms with Gasteiger partial charge in [-0.1, -0.05) is 18.6 Å². The Morgan fingerprint density at radius 1 is 1.00 bits per heavy atom. The predicted octanol–water partition coefficient (Wildman–Crippen LogP) is 4.75. The molecule has 2 amide bonds. The molecule has 0 radical (unpaired) electrons. The van der Waals surface area contributed by atoms with E-state index < -0.39 is 0 Å². The number of anilines is 2. The van der Waals surface area contributed by atoms with Gasteiger partial charge in [0, 0.05) is 29.7 Å². The fourth-order valence-electron chi connectivity index (χ4n) is 3.44. The molecule has 3 rings (SSSR count). The summed E-state index contributed by atoms with van der Waals surface area (Å²) in [6.07, 6.45) is 3.88. The van der Waals surface area contributed by atoms with E-state index in [1.807, 2.05) is 43.3 Å². The third kappa shape index (κ3) is 6.91. The molecule has 154 valence electrons. The highest BCUT2D eigenvalue weighted by Crippen LogP contribution is 2.26. The van der Waals surface area contributed by atoms with Gasteiger partial charge in [0.1, 0.15) is 0 Å². The van der Waals surface area contributed by atoms with Crippen molar-refractivity contribution in [3.05, 3.63) is 54.1 Å². The number of rotatable bonds is 7. The molecule has 1 aliphatic rings. The van der Waals surface area contributed by atoms with Crippen LogP contribution in [-0.2, 0) is 16.1 Å². The van der Waals surface area contributed by atoms with Gasteiger partial charge in [-0.3, -0.25) is 14.5 Å². The van der Waals surface area contributed by atoms with Crippen molar-refractivity contribution in [1.29, 1.82) is 0 Å². The van der Waals surface area contributed by atoms with Crippen molar-refractivity contribution < 1.29 is 9.59 Å². The van der Waals surface area contributed by atoms with Gasteiger partial charge in [0.25, 0.3) is 0 Å². The monoisotopic (exact) mass is 411 g/mol. The molecule has 5 nitrogen and oxygen atoms in total. The van der Waals surface area contributed by atoms with Gasteiger partial charge in [-0.25, -0.2) is 0 Å². The highest BCUT2D eigenvalue weighted by atomic mass is 32.2. The van der Waals surface area contributed by atoms with E-state index in [2.05, 4.69) is 27.7 Å². The van der Waals surface area contributed by atoms with E-state index in [-0.39, 0.29) is 17.1 Å². The molecule has 1 aliphatic heterocycles. The molecule has 0 bridgehead atoms. The summed E-state index contributed by atoms with van der Waals surface area (Å²) in [6, 6.07) is 15.7. The van der Waals surface area contributed by atoms with Crippen LogP contribution in [0.1, 0.15) is 38.7 Å². The number of amides is 2. The van der Waals surface area contributed by atoms with E-state index in [1.54, 1.807) is 0 Å². The zero-order valence-corrected chi connectivity index (χ0v) is 17.9. The van der Waals surface area contributed by atoms with Gasteiger partial charge in [0.15, 0.2) is 0 Å². The minimum Gasteiger partial charge on any atom is -0.326 e. The zero-order chi connectivity index (χ0) is 20.6. The van der Waals surface area contributed by atoms with Crippen molar-refractivity contribution in [2.45, 2.75) is 49.8 Å². The van der Waals surface area contributed by atoms with Crippen LogP contribution in [0.25, 0.3) is 0 Å². The van der Waals surface area contributed by atoms with E-state index in [1.165, 1.54) is 43.5 Å². The van der Waals surface area contributed by atoms with Crippen molar-refractivity contribution in [1.82, 2.24) is 4.90 Å². The van der Waals surface area contributed by atoms with Crippen molar-refractivity contribution in [2.24, 2.45) is 0 Å². The molecule has 1 atom stereocenters. The summed E-state index contributed by atoms with van der Waals surface area (Å²) < 4.78 is 0. The SMILES string of the molecule is CC(=O)Nc1ccc(SC(C)C(=O)Nc2cccc(CN3CCCCC3)c2)cc1. The van der Waals surface area contributed by atoms with E-state index in [0.717, 1.165) is 35.9 Å². The Morgan fingerprint density at radius 3 is 2.41 bits per heavy atom. The maximum Gasteiger partial charge on any atom is 0.237 e. The molecule has 2 aromatic rings. The number of carbonyl (C=O) groups is 2. The van der Waals surface area contributed by atoms with E-state index >= 15 is 0 Å². The smallest absolute Gasteiger partial charge is 0.237 e. The number of hydrogen-bond acceptors (Lipinski definition) is 4. The Labute approximate surface area is 177 Å². The van der Waals surface area contributed by atoms with E-state index in [0.29, 0.717) is 0 Å². The Hall–Kier alpha value is -2.31. The number of nitrogens with one attached hydrogen (secondary N) is 2. The van der Waals surface area contributed by atoms with Gasteiger partial charge < -0.3 is 10.6 Å². The molecule has 6 heteroatoms. The van der Waals surface area contributed by atoms with Crippen LogP contribution in [0, 0.1) is 0 Å². The fourth-order valence-corrected chi connectivity index (χ4v) is 4.31. The molecule has 2 aromatic carbocycles.